The lowest BCUT2D eigenvalue weighted by molar-refractivity contribution is -0.138. The van der Waals surface area contributed by atoms with Gasteiger partial charge in [-0.15, -0.1) is 5.10 Å². The number of aromatic nitrogens is 2. The fraction of sp³-hybridized carbons (Fsp3) is 0.421. The van der Waals surface area contributed by atoms with Gasteiger partial charge in [0.05, 0.1) is 17.3 Å². The van der Waals surface area contributed by atoms with Gasteiger partial charge in [-0.1, -0.05) is 17.7 Å². The van der Waals surface area contributed by atoms with E-state index in [0.29, 0.717) is 30.8 Å². The number of piperidine rings is 1. The van der Waals surface area contributed by atoms with Crippen molar-refractivity contribution in [3.8, 4) is 0 Å². The normalized spacial score (nSPS) is 17.5. The van der Waals surface area contributed by atoms with E-state index in [2.05, 4.69) is 10.2 Å². The Balaban J connectivity index is 1.85. The molecule has 1 aliphatic rings. The maximum absolute atomic E-state index is 13.5. The maximum atomic E-state index is 13.5. The fourth-order valence-electron chi connectivity index (χ4n) is 3.42. The summed E-state index contributed by atoms with van der Waals surface area (Å²) in [5, 5.41) is 7.84. The number of alkyl halides is 3. The highest BCUT2D eigenvalue weighted by molar-refractivity contribution is 6.30. The molecule has 0 N–H and O–H groups in total. The minimum atomic E-state index is -4.50. The van der Waals surface area contributed by atoms with Gasteiger partial charge in [0.15, 0.2) is 5.82 Å². The minimum absolute atomic E-state index is 0.0406. The van der Waals surface area contributed by atoms with Gasteiger partial charge >= 0.3 is 6.18 Å². The number of halogens is 4. The largest absolute Gasteiger partial charge is 0.416 e. The summed E-state index contributed by atoms with van der Waals surface area (Å²) in [5.41, 5.74) is -0.192. The van der Waals surface area contributed by atoms with Crippen molar-refractivity contribution in [2.24, 2.45) is 0 Å². The van der Waals surface area contributed by atoms with Crippen LogP contribution in [0.15, 0.2) is 30.5 Å². The molecule has 2 aromatic rings. The van der Waals surface area contributed by atoms with E-state index in [-0.39, 0.29) is 23.0 Å². The summed E-state index contributed by atoms with van der Waals surface area (Å²) in [5.74, 6) is -0.128. The molecule has 1 amide bonds. The van der Waals surface area contributed by atoms with Gasteiger partial charge < -0.3 is 9.80 Å². The molecule has 1 aromatic heterocycles. The first kappa shape index (κ1) is 20.4. The van der Waals surface area contributed by atoms with Crippen molar-refractivity contribution in [2.75, 3.05) is 32.1 Å². The average Bonchev–Trinajstić information content (AvgIpc) is 2.67. The summed E-state index contributed by atoms with van der Waals surface area (Å²) >= 11 is 5.78. The highest BCUT2D eigenvalue weighted by Gasteiger charge is 2.37. The van der Waals surface area contributed by atoms with E-state index >= 15 is 0 Å². The number of hydrogen-bond acceptors (Lipinski definition) is 4. The molecule has 0 bridgehead atoms. The predicted molar refractivity (Wildman–Crippen MR) is 101 cm³/mol. The molecule has 1 unspecified atom stereocenters. The van der Waals surface area contributed by atoms with E-state index in [1.54, 1.807) is 30.0 Å². The maximum Gasteiger partial charge on any atom is 0.416 e. The Hall–Kier alpha value is -2.35. The van der Waals surface area contributed by atoms with Crippen LogP contribution in [0.25, 0.3) is 0 Å². The van der Waals surface area contributed by atoms with Crippen molar-refractivity contribution in [3.63, 3.8) is 0 Å². The Kier molecular flexibility index (Phi) is 5.79. The van der Waals surface area contributed by atoms with Gasteiger partial charge in [0, 0.05) is 38.1 Å². The third-order valence-electron chi connectivity index (χ3n) is 4.82. The van der Waals surface area contributed by atoms with E-state index in [9.17, 15) is 18.0 Å². The van der Waals surface area contributed by atoms with Crippen molar-refractivity contribution >= 4 is 23.3 Å². The summed E-state index contributed by atoms with van der Waals surface area (Å²) in [6.07, 6.45) is -1.92. The third-order valence-corrected chi connectivity index (χ3v) is 5.05. The predicted octanol–water partition coefficient (Wildman–Crippen LogP) is 4.23. The van der Waals surface area contributed by atoms with Crippen LogP contribution in [-0.2, 0) is 6.18 Å². The van der Waals surface area contributed by atoms with Crippen LogP contribution in [0.2, 0.25) is 5.02 Å². The van der Waals surface area contributed by atoms with Crippen molar-refractivity contribution in [1.82, 2.24) is 15.1 Å². The number of benzene rings is 1. The number of nitrogens with zero attached hydrogens (tertiary/aromatic N) is 4. The number of rotatable bonds is 3. The van der Waals surface area contributed by atoms with Gasteiger partial charge in [-0.25, -0.2) is 0 Å². The molecule has 1 atom stereocenters. The smallest absolute Gasteiger partial charge is 0.361 e. The molecular formula is C19H20ClF3N4O. The quantitative estimate of drug-likeness (QED) is 0.756. The third kappa shape index (κ3) is 4.38. The van der Waals surface area contributed by atoms with E-state index < -0.39 is 17.7 Å². The van der Waals surface area contributed by atoms with Crippen LogP contribution in [0.3, 0.4) is 0 Å². The van der Waals surface area contributed by atoms with Crippen LogP contribution < -0.4 is 4.90 Å². The Labute approximate surface area is 166 Å². The molecule has 0 saturated carbocycles. The first-order valence-corrected chi connectivity index (χ1v) is 9.20. The number of hydrogen-bond donors (Lipinski definition) is 0. The summed E-state index contributed by atoms with van der Waals surface area (Å²) in [6.45, 7) is 0.701. The molecule has 9 heteroatoms. The Morgan fingerprint density at radius 1 is 1.29 bits per heavy atom. The van der Waals surface area contributed by atoms with Crippen molar-refractivity contribution < 1.29 is 18.0 Å². The second kappa shape index (κ2) is 7.95. The molecule has 28 heavy (non-hydrogen) atoms. The van der Waals surface area contributed by atoms with Crippen LogP contribution in [0.1, 0.15) is 40.2 Å². The minimum Gasteiger partial charge on any atom is -0.361 e. The molecule has 2 heterocycles. The Morgan fingerprint density at radius 3 is 2.71 bits per heavy atom. The first-order valence-electron chi connectivity index (χ1n) is 8.83. The van der Waals surface area contributed by atoms with E-state index in [4.69, 9.17) is 11.6 Å². The number of carbonyl (C=O) groups is 1. The highest BCUT2D eigenvalue weighted by Crippen LogP contribution is 2.39. The van der Waals surface area contributed by atoms with E-state index in [1.165, 1.54) is 18.3 Å². The zero-order chi connectivity index (χ0) is 20.5. The molecule has 0 radical (unpaired) electrons. The molecular weight excluding hydrogens is 393 g/mol. The van der Waals surface area contributed by atoms with E-state index in [0.717, 1.165) is 6.07 Å². The molecule has 0 aliphatic carbocycles. The zero-order valence-corrected chi connectivity index (χ0v) is 16.3. The number of amides is 1. The topological polar surface area (TPSA) is 49.3 Å². The Morgan fingerprint density at radius 2 is 2.04 bits per heavy atom. The van der Waals surface area contributed by atoms with Crippen LogP contribution in [0.4, 0.5) is 19.0 Å². The van der Waals surface area contributed by atoms with Gasteiger partial charge in [0.2, 0.25) is 0 Å². The zero-order valence-electron chi connectivity index (χ0n) is 15.5. The van der Waals surface area contributed by atoms with Gasteiger partial charge in [-0.3, -0.25) is 4.79 Å². The molecule has 1 aliphatic heterocycles. The molecule has 1 aromatic carbocycles. The molecule has 3 rings (SSSR count). The number of likely N-dealkylation sites (tertiary alicyclic amines) is 1. The van der Waals surface area contributed by atoms with Gasteiger partial charge in [-0.05, 0) is 36.6 Å². The Bertz CT molecular complexity index is 872. The molecule has 150 valence electrons. The molecule has 1 fully saturated rings. The summed E-state index contributed by atoms with van der Waals surface area (Å²) in [4.78, 5) is 16.2. The lowest BCUT2D eigenvalue weighted by atomic mass is 9.87. The monoisotopic (exact) mass is 412 g/mol. The second-order valence-corrected chi connectivity index (χ2v) is 7.45. The average molecular weight is 413 g/mol. The lowest BCUT2D eigenvalue weighted by Crippen LogP contribution is -2.39. The van der Waals surface area contributed by atoms with Crippen molar-refractivity contribution in [3.05, 3.63) is 52.2 Å². The second-order valence-electron chi connectivity index (χ2n) is 7.02. The van der Waals surface area contributed by atoms with Crippen molar-refractivity contribution in [2.45, 2.75) is 24.9 Å². The van der Waals surface area contributed by atoms with E-state index in [1.807, 2.05) is 0 Å². The van der Waals surface area contributed by atoms with Crippen LogP contribution in [0.5, 0.6) is 0 Å². The molecule has 5 nitrogen and oxygen atoms in total. The highest BCUT2D eigenvalue weighted by atomic mass is 35.5. The van der Waals surface area contributed by atoms with Crippen LogP contribution >= 0.6 is 11.6 Å². The molecule has 1 saturated heterocycles. The number of carbonyl (C=O) groups excluding carboxylic acids is 1. The summed E-state index contributed by atoms with van der Waals surface area (Å²) < 4.78 is 40.4. The van der Waals surface area contributed by atoms with Gasteiger partial charge in [-0.2, -0.15) is 18.3 Å². The summed E-state index contributed by atoms with van der Waals surface area (Å²) in [6, 6.07) is 5.46. The first-order chi connectivity index (χ1) is 13.2. The van der Waals surface area contributed by atoms with Crippen molar-refractivity contribution in [1.29, 1.82) is 0 Å². The standard InChI is InChI=1S/C19H20ClF3N4O/c1-26(2)17-8-13(10-24-25-17)18(28)27-7-3-4-12(11-27)15-6-5-14(20)9-16(15)19(21,22)23/h5-6,8-10,12H,3-4,7,11H2,1-2H3. The number of anilines is 1. The fourth-order valence-corrected chi connectivity index (χ4v) is 3.59. The van der Waals surface area contributed by atoms with Crippen LogP contribution in [-0.4, -0.2) is 48.2 Å². The molecule has 0 spiro atoms. The van der Waals surface area contributed by atoms with Crippen LogP contribution in [0, 0.1) is 0 Å². The SMILES string of the molecule is CN(C)c1cc(C(=O)N2CCCC(c3ccc(Cl)cc3C(F)(F)F)C2)cnn1. The van der Waals surface area contributed by atoms with Gasteiger partial charge in [0.1, 0.15) is 0 Å². The van der Waals surface area contributed by atoms with Gasteiger partial charge in [0.25, 0.3) is 5.91 Å². The summed E-state index contributed by atoms with van der Waals surface area (Å²) in [7, 11) is 3.57. The lowest BCUT2D eigenvalue weighted by Gasteiger charge is -2.34.